The summed E-state index contributed by atoms with van der Waals surface area (Å²) in [4.78, 5) is 15.8. The Morgan fingerprint density at radius 2 is 2.31 bits per heavy atom. The highest BCUT2D eigenvalue weighted by Crippen LogP contribution is 2.62. The van der Waals surface area contributed by atoms with E-state index in [1.807, 2.05) is 6.92 Å². The van der Waals surface area contributed by atoms with Crippen molar-refractivity contribution in [3.63, 3.8) is 0 Å². The second-order valence-corrected chi connectivity index (χ2v) is 5.92. The lowest BCUT2D eigenvalue weighted by molar-refractivity contribution is -0.118. The van der Waals surface area contributed by atoms with Gasteiger partial charge >= 0.3 is 0 Å². The Hall–Kier alpha value is -0.510. The smallest absolute Gasteiger partial charge is 0.234 e. The van der Waals surface area contributed by atoms with Gasteiger partial charge in [0.05, 0.1) is 10.6 Å². The summed E-state index contributed by atoms with van der Waals surface area (Å²) in [5.74, 6) is 0.163. The van der Waals surface area contributed by atoms with Crippen molar-refractivity contribution in [1.29, 1.82) is 0 Å². The van der Waals surface area contributed by atoms with Crippen LogP contribution in [-0.4, -0.2) is 21.2 Å². The minimum atomic E-state index is -0.324. The number of hydrogen-bond donors (Lipinski definition) is 1. The predicted octanol–water partition coefficient (Wildman–Crippen LogP) is 1.17. The van der Waals surface area contributed by atoms with Gasteiger partial charge in [0.1, 0.15) is 4.75 Å². The average Bonchev–Trinajstić information content (AvgIpc) is 2.61. The van der Waals surface area contributed by atoms with Crippen molar-refractivity contribution >= 4 is 22.7 Å². The van der Waals surface area contributed by atoms with E-state index in [1.165, 1.54) is 0 Å². The highest BCUT2D eigenvalue weighted by atomic mass is 32.2. The highest BCUT2D eigenvalue weighted by molar-refractivity contribution is 8.16. The molecule has 0 spiro atoms. The van der Waals surface area contributed by atoms with Gasteiger partial charge in [0.25, 0.3) is 0 Å². The van der Waals surface area contributed by atoms with Crippen LogP contribution in [0.2, 0.25) is 0 Å². The van der Waals surface area contributed by atoms with E-state index in [0.29, 0.717) is 5.92 Å². The number of primary amides is 1. The maximum absolute atomic E-state index is 11.3. The minimum Gasteiger partial charge on any atom is -0.368 e. The zero-order chi connectivity index (χ0) is 9.85. The molecule has 1 saturated carbocycles. The molecule has 0 aromatic carbocycles. The van der Waals surface area contributed by atoms with Gasteiger partial charge in [-0.3, -0.25) is 9.79 Å². The van der Waals surface area contributed by atoms with Crippen molar-refractivity contribution in [2.75, 3.05) is 0 Å². The van der Waals surface area contributed by atoms with Gasteiger partial charge in [-0.25, -0.2) is 0 Å². The lowest BCUT2D eigenvalue weighted by atomic mass is 9.97. The number of aliphatic imine (C=N–C) groups is 1. The molecule has 1 heterocycles. The molecule has 1 aliphatic carbocycles. The Morgan fingerprint density at radius 1 is 1.69 bits per heavy atom. The van der Waals surface area contributed by atoms with Crippen molar-refractivity contribution in [1.82, 2.24) is 0 Å². The fraction of sp³-hybridized carbons (Fsp3) is 0.778. The van der Waals surface area contributed by atoms with Crippen molar-refractivity contribution in [2.45, 2.75) is 37.5 Å². The van der Waals surface area contributed by atoms with Crippen LogP contribution in [0.5, 0.6) is 0 Å². The lowest BCUT2D eigenvalue weighted by Gasteiger charge is -2.29. The van der Waals surface area contributed by atoms with Gasteiger partial charge in [0.2, 0.25) is 5.91 Å². The summed E-state index contributed by atoms with van der Waals surface area (Å²) in [5, 5.41) is 0.984. The standard InChI is InChI=1S/C9H14N2OS/c1-5-11-8(2,3)6-4-9(6,13-5)7(10)12/h6H,4H2,1-3H3,(H2,10,12). The van der Waals surface area contributed by atoms with Crippen LogP contribution in [0.3, 0.4) is 0 Å². The number of hydrogen-bond acceptors (Lipinski definition) is 3. The summed E-state index contributed by atoms with van der Waals surface area (Å²) in [7, 11) is 0. The summed E-state index contributed by atoms with van der Waals surface area (Å²) in [5.41, 5.74) is 5.30. The van der Waals surface area contributed by atoms with Crippen LogP contribution < -0.4 is 5.73 Å². The van der Waals surface area contributed by atoms with Crippen LogP contribution in [0, 0.1) is 5.92 Å². The fourth-order valence-corrected chi connectivity index (χ4v) is 3.86. The largest absolute Gasteiger partial charge is 0.368 e. The van der Waals surface area contributed by atoms with Crippen LogP contribution in [0.4, 0.5) is 0 Å². The third kappa shape index (κ3) is 1.11. The molecule has 3 nitrogen and oxygen atoms in total. The summed E-state index contributed by atoms with van der Waals surface area (Å²) in [6, 6.07) is 0. The highest BCUT2D eigenvalue weighted by Gasteiger charge is 2.67. The quantitative estimate of drug-likeness (QED) is 0.687. The topological polar surface area (TPSA) is 55.4 Å². The maximum Gasteiger partial charge on any atom is 0.234 e. The molecule has 13 heavy (non-hydrogen) atoms. The number of amides is 1. The number of carbonyl (C=O) groups excluding carboxylic acids is 1. The molecule has 4 heteroatoms. The summed E-state index contributed by atoms with van der Waals surface area (Å²) >= 11 is 1.55. The van der Waals surface area contributed by atoms with Crippen molar-refractivity contribution in [3.05, 3.63) is 0 Å². The van der Waals surface area contributed by atoms with Crippen LogP contribution in [0.25, 0.3) is 0 Å². The molecule has 0 aromatic heterocycles. The first-order valence-corrected chi connectivity index (χ1v) is 5.25. The Kier molecular flexibility index (Phi) is 1.60. The molecule has 0 saturated heterocycles. The van der Waals surface area contributed by atoms with Crippen molar-refractivity contribution in [2.24, 2.45) is 16.6 Å². The monoisotopic (exact) mass is 198 g/mol. The third-order valence-electron chi connectivity index (χ3n) is 2.96. The number of nitrogens with two attached hydrogens (primary N) is 1. The lowest BCUT2D eigenvalue weighted by Crippen LogP contribution is -2.39. The van der Waals surface area contributed by atoms with Crippen LogP contribution in [-0.2, 0) is 4.79 Å². The number of thioether (sulfide) groups is 1. The van der Waals surface area contributed by atoms with Crippen molar-refractivity contribution in [3.8, 4) is 0 Å². The van der Waals surface area contributed by atoms with E-state index in [2.05, 4.69) is 18.8 Å². The molecule has 2 atom stereocenters. The van der Waals surface area contributed by atoms with E-state index in [-0.39, 0.29) is 16.2 Å². The Balaban J connectivity index is 2.36. The molecule has 0 bridgehead atoms. The zero-order valence-corrected chi connectivity index (χ0v) is 8.94. The summed E-state index contributed by atoms with van der Waals surface area (Å²) < 4.78 is -0.324. The Bertz CT molecular complexity index is 311. The molecular weight excluding hydrogens is 184 g/mol. The van der Waals surface area contributed by atoms with Crippen molar-refractivity contribution < 1.29 is 4.79 Å². The van der Waals surface area contributed by atoms with E-state index >= 15 is 0 Å². The molecule has 1 aliphatic heterocycles. The van der Waals surface area contributed by atoms with E-state index in [4.69, 9.17) is 5.73 Å². The van der Waals surface area contributed by atoms with E-state index in [1.54, 1.807) is 11.8 Å². The Morgan fingerprint density at radius 3 is 2.85 bits per heavy atom. The first-order chi connectivity index (χ1) is 5.88. The molecule has 72 valence electrons. The normalized spacial score (nSPS) is 40.5. The minimum absolute atomic E-state index is 0.107. The fourth-order valence-electron chi connectivity index (χ4n) is 2.27. The second kappa shape index (κ2) is 2.29. The third-order valence-corrected chi connectivity index (χ3v) is 4.36. The molecule has 2 unspecified atom stereocenters. The molecule has 1 amide bonds. The molecule has 2 N–H and O–H groups in total. The molecule has 2 aliphatic rings. The summed E-state index contributed by atoms with van der Waals surface area (Å²) in [6.07, 6.45) is 0.890. The van der Waals surface area contributed by atoms with E-state index < -0.39 is 0 Å². The Labute approximate surface area is 82.2 Å². The molecule has 0 radical (unpaired) electrons. The number of fused-ring (bicyclic) bond motifs is 1. The first-order valence-electron chi connectivity index (χ1n) is 4.44. The molecular formula is C9H14N2OS. The van der Waals surface area contributed by atoms with Gasteiger partial charge in [0, 0.05) is 5.92 Å². The second-order valence-electron chi connectivity index (χ2n) is 4.40. The molecule has 2 rings (SSSR count). The number of rotatable bonds is 1. The SMILES string of the molecule is CC1=NC(C)(C)C2CC2(C(N)=O)S1. The first kappa shape index (κ1) is 9.06. The molecule has 0 aromatic rings. The zero-order valence-electron chi connectivity index (χ0n) is 8.13. The van der Waals surface area contributed by atoms with Gasteiger partial charge in [-0.15, -0.1) is 0 Å². The maximum atomic E-state index is 11.3. The van der Waals surface area contributed by atoms with Gasteiger partial charge in [-0.2, -0.15) is 0 Å². The van der Waals surface area contributed by atoms with Gasteiger partial charge < -0.3 is 5.73 Å². The number of nitrogens with zero attached hydrogens (tertiary/aromatic N) is 1. The van der Waals surface area contributed by atoms with Gasteiger partial charge in [-0.05, 0) is 27.2 Å². The van der Waals surface area contributed by atoms with Gasteiger partial charge in [0.15, 0.2) is 0 Å². The van der Waals surface area contributed by atoms with E-state index in [0.717, 1.165) is 11.5 Å². The predicted molar refractivity (Wildman–Crippen MR) is 54.8 cm³/mol. The van der Waals surface area contributed by atoms with Crippen LogP contribution in [0.1, 0.15) is 27.2 Å². The van der Waals surface area contributed by atoms with Gasteiger partial charge in [-0.1, -0.05) is 11.8 Å². The van der Waals surface area contributed by atoms with Crippen LogP contribution >= 0.6 is 11.8 Å². The molecule has 1 fully saturated rings. The van der Waals surface area contributed by atoms with Crippen LogP contribution in [0.15, 0.2) is 4.99 Å². The average molecular weight is 198 g/mol. The summed E-state index contributed by atoms with van der Waals surface area (Å²) in [6.45, 7) is 6.10. The van der Waals surface area contributed by atoms with E-state index in [9.17, 15) is 4.79 Å². The number of carbonyl (C=O) groups is 1.